The Balaban J connectivity index is 3.01. The molecule has 25 heteroatoms. The molecule has 25 nitrogen and oxygen atoms in total. The van der Waals surface area contributed by atoms with E-state index in [0.29, 0.717) is 0 Å². The largest absolute Gasteiger partial charge is 0.443 e. The SMILES string of the molecule is CC[C@H]1NC(=O)[C@@H]([C@@H]2OC(=O)N(C)C[C@H]2C)N(C)C(=O)[C@@H](C(C)C)N(C)C(=O)[C@@H](CC(C)C)N(C)C(=O)[C@@H](CC(C)C)N(C)C(=O)[C@H](C)NC(=O)[C@@H](C)NC(=O)[C@@H](CC(C)C)N(C)C(=O)[C@@H](C(C)C)NC(=O)[C@H](CC(C)C)N(C)C(=O)[C@@H](C)N(C)C1=O. The van der Waals surface area contributed by atoms with E-state index in [1.54, 1.807) is 41.5 Å². The first kappa shape index (κ1) is 76.5. The molecule has 2 heterocycles. The fraction of sp³-hybridized carbons (Fsp3) is 0.806. The normalized spacial score (nSPS) is 29.3. The molecule has 0 saturated carbocycles. The lowest BCUT2D eigenvalue weighted by molar-refractivity contribution is -0.158. The van der Waals surface area contributed by atoms with Gasteiger partial charge >= 0.3 is 6.09 Å². The summed E-state index contributed by atoms with van der Waals surface area (Å²) in [7, 11) is 11.4. The maximum absolute atomic E-state index is 15.3. The summed E-state index contributed by atoms with van der Waals surface area (Å²) in [5.41, 5.74) is 0. The van der Waals surface area contributed by atoms with Crippen molar-refractivity contribution in [1.82, 2.24) is 60.5 Å². The standard InChI is InChI=1S/C62H110N12O13/c1-26-42-57(81)68(19)41(17)56(80)69(20)44(28-33(4)5)53(77)66-47(36(10)11)60(84)70(21)43(27-32(2)3)52(76)63-39(15)51(75)64-40(16)55(79)71(22)45(29-34(6)7)58(82)72(23)46(30-35(8)9)59(83)73(24)48(37(12)13)61(85)74(25)49(54(78)65-42)50-38(14)31-67(18)62(86)87-50/h32-50H,26-31H2,1-25H3,(H,63,76)(H,64,75)(H,65,78)(H,66,77)/t38-,39-,40+,41-,42-,43-,44+,45-,46-,47-,48-,49-,50-/m1/s1. The van der Waals surface area contributed by atoms with Crippen LogP contribution in [0.2, 0.25) is 0 Å². The van der Waals surface area contributed by atoms with Gasteiger partial charge in [0.05, 0.1) is 0 Å². The Hall–Kier alpha value is -6.56. The molecule has 12 amide bonds. The molecule has 0 bridgehead atoms. The van der Waals surface area contributed by atoms with Gasteiger partial charge in [-0.1, -0.05) is 96.9 Å². The van der Waals surface area contributed by atoms with Crippen LogP contribution in [-0.2, 0) is 57.5 Å². The molecule has 2 rings (SSSR count). The molecule has 2 saturated heterocycles. The lowest BCUT2D eigenvalue weighted by Crippen LogP contribution is -2.65. The first-order chi connectivity index (χ1) is 40.1. The van der Waals surface area contributed by atoms with Crippen molar-refractivity contribution in [2.75, 3.05) is 62.9 Å². The quantitative estimate of drug-likeness (QED) is 0.219. The summed E-state index contributed by atoms with van der Waals surface area (Å²) in [6.07, 6.45) is -1.44. The van der Waals surface area contributed by atoms with Crippen molar-refractivity contribution in [3.8, 4) is 0 Å². The van der Waals surface area contributed by atoms with Crippen LogP contribution in [0.3, 0.4) is 0 Å². The number of carbonyl (C=O) groups is 12. The third-order valence-corrected chi connectivity index (χ3v) is 16.9. The molecule has 0 unspecified atom stereocenters. The van der Waals surface area contributed by atoms with Gasteiger partial charge in [0.2, 0.25) is 65.0 Å². The predicted octanol–water partition coefficient (Wildman–Crippen LogP) is 2.78. The Bertz CT molecular complexity index is 2450. The van der Waals surface area contributed by atoms with Gasteiger partial charge in [-0.25, -0.2) is 4.79 Å². The zero-order valence-corrected chi connectivity index (χ0v) is 57.1. The van der Waals surface area contributed by atoms with E-state index in [9.17, 15) is 38.4 Å². The number of likely N-dealkylation sites (N-methyl/N-ethyl adjacent to an activating group) is 7. The summed E-state index contributed by atoms with van der Waals surface area (Å²) < 4.78 is 5.91. The number of ether oxygens (including phenoxy) is 1. The highest BCUT2D eigenvalue weighted by Crippen LogP contribution is 2.28. The van der Waals surface area contributed by atoms with Crippen molar-refractivity contribution < 1.29 is 62.3 Å². The summed E-state index contributed by atoms with van der Waals surface area (Å²) >= 11 is 0. The van der Waals surface area contributed by atoms with Crippen molar-refractivity contribution in [3.63, 3.8) is 0 Å². The van der Waals surface area contributed by atoms with Crippen molar-refractivity contribution in [1.29, 1.82) is 0 Å². The highest BCUT2D eigenvalue weighted by atomic mass is 16.6. The summed E-state index contributed by atoms with van der Waals surface area (Å²) in [6, 6.07) is -13.7. The number of hydrogen-bond donors (Lipinski definition) is 4. The van der Waals surface area contributed by atoms with Crippen molar-refractivity contribution in [2.24, 2.45) is 41.4 Å². The van der Waals surface area contributed by atoms with Gasteiger partial charge in [0.25, 0.3) is 0 Å². The number of amides is 12. The van der Waals surface area contributed by atoms with Gasteiger partial charge in [-0.3, -0.25) is 52.7 Å². The number of cyclic esters (lactones) is 1. The van der Waals surface area contributed by atoms with Crippen LogP contribution in [0, 0.1) is 41.4 Å². The molecule has 2 aliphatic heterocycles. The molecule has 0 aromatic rings. The van der Waals surface area contributed by atoms with Crippen LogP contribution in [0.15, 0.2) is 0 Å². The minimum atomic E-state index is -1.57. The van der Waals surface area contributed by atoms with E-state index in [1.165, 1.54) is 107 Å². The maximum Gasteiger partial charge on any atom is 0.409 e. The van der Waals surface area contributed by atoms with Gasteiger partial charge in [-0.2, -0.15) is 0 Å². The number of hydrogen-bond acceptors (Lipinski definition) is 13. The summed E-state index contributed by atoms with van der Waals surface area (Å²) in [5, 5.41) is 11.0. The fourth-order valence-electron chi connectivity index (χ4n) is 11.4. The Morgan fingerprint density at radius 2 is 0.828 bits per heavy atom. The molecule has 13 atom stereocenters. The van der Waals surface area contributed by atoms with E-state index in [2.05, 4.69) is 21.3 Å². The Morgan fingerprint density at radius 1 is 0.414 bits per heavy atom. The van der Waals surface area contributed by atoms with Crippen LogP contribution in [0.5, 0.6) is 0 Å². The van der Waals surface area contributed by atoms with Crippen LogP contribution >= 0.6 is 0 Å². The molecule has 0 aromatic carbocycles. The zero-order chi connectivity index (χ0) is 67.3. The first-order valence-corrected chi connectivity index (χ1v) is 31.1. The second-order valence-corrected chi connectivity index (χ2v) is 26.9. The van der Waals surface area contributed by atoms with E-state index in [1.807, 2.05) is 55.4 Å². The first-order valence-electron chi connectivity index (χ1n) is 31.1. The summed E-state index contributed by atoms with van der Waals surface area (Å²) in [5.74, 6) is -9.81. The molecule has 2 fully saturated rings. The van der Waals surface area contributed by atoms with Gasteiger partial charge in [-0.05, 0) is 88.4 Å². The van der Waals surface area contributed by atoms with Gasteiger partial charge in [0.1, 0.15) is 72.6 Å². The zero-order valence-electron chi connectivity index (χ0n) is 57.1. The molecule has 87 heavy (non-hydrogen) atoms. The van der Waals surface area contributed by atoms with Crippen molar-refractivity contribution in [2.45, 2.75) is 222 Å². The van der Waals surface area contributed by atoms with Crippen LogP contribution in [0.1, 0.15) is 150 Å². The third-order valence-electron chi connectivity index (χ3n) is 16.9. The second kappa shape index (κ2) is 33.1. The summed E-state index contributed by atoms with van der Waals surface area (Å²) in [4.78, 5) is 185. The highest BCUT2D eigenvalue weighted by molar-refractivity contribution is 6.00. The molecule has 0 spiro atoms. The number of nitrogens with one attached hydrogen (secondary N) is 4. The smallest absolute Gasteiger partial charge is 0.409 e. The van der Waals surface area contributed by atoms with E-state index >= 15 is 19.2 Å². The Kier molecular flexibility index (Phi) is 29.2. The van der Waals surface area contributed by atoms with Crippen LogP contribution in [-0.4, -0.2) is 246 Å². The highest BCUT2D eigenvalue weighted by Gasteiger charge is 2.49. The number of rotatable bonds is 12. The minimum absolute atomic E-state index is 0.000296. The van der Waals surface area contributed by atoms with E-state index in [-0.39, 0.29) is 62.3 Å². The fourth-order valence-corrected chi connectivity index (χ4v) is 11.4. The van der Waals surface area contributed by atoms with Crippen molar-refractivity contribution >= 4 is 71.1 Å². The lowest BCUT2D eigenvalue weighted by Gasteiger charge is -2.44. The second-order valence-electron chi connectivity index (χ2n) is 26.9. The van der Waals surface area contributed by atoms with Gasteiger partial charge < -0.3 is 65.2 Å². The van der Waals surface area contributed by atoms with Crippen LogP contribution in [0.25, 0.3) is 0 Å². The molecule has 0 aromatic heterocycles. The Morgan fingerprint density at radius 3 is 1.28 bits per heavy atom. The minimum Gasteiger partial charge on any atom is -0.443 e. The molecule has 4 N–H and O–H groups in total. The number of carbonyl (C=O) groups excluding carboxylic acids is 12. The van der Waals surface area contributed by atoms with Gasteiger partial charge in [-0.15, -0.1) is 0 Å². The maximum atomic E-state index is 15.3. The van der Waals surface area contributed by atoms with E-state index in [4.69, 9.17) is 4.74 Å². The van der Waals surface area contributed by atoms with E-state index < -0.39 is 161 Å². The van der Waals surface area contributed by atoms with Crippen LogP contribution < -0.4 is 21.3 Å². The average molecular weight is 1230 g/mol. The predicted molar refractivity (Wildman–Crippen MR) is 331 cm³/mol. The molecule has 2 aliphatic rings. The topological polar surface area (TPSA) is 288 Å². The molecule has 0 aliphatic carbocycles. The van der Waals surface area contributed by atoms with Gasteiger partial charge in [0, 0.05) is 68.8 Å². The van der Waals surface area contributed by atoms with E-state index in [0.717, 1.165) is 9.80 Å². The molecular formula is C62H110N12O13. The average Bonchev–Trinajstić information content (AvgIpc) is 1.15. The summed E-state index contributed by atoms with van der Waals surface area (Å²) in [6.45, 7) is 29.7. The lowest BCUT2D eigenvalue weighted by atomic mass is 9.92. The third kappa shape index (κ3) is 19.7. The van der Waals surface area contributed by atoms with Crippen molar-refractivity contribution in [3.05, 3.63) is 0 Å². The molecule has 0 radical (unpaired) electrons. The monoisotopic (exact) mass is 1230 g/mol. The molecular weight excluding hydrogens is 1120 g/mol. The van der Waals surface area contributed by atoms with Gasteiger partial charge in [0.15, 0.2) is 0 Å². The molecule has 496 valence electrons. The van der Waals surface area contributed by atoms with Crippen LogP contribution in [0.4, 0.5) is 4.79 Å². The Labute approximate surface area is 518 Å². The number of nitrogens with zero attached hydrogens (tertiary/aromatic N) is 8.